The minimum Gasteiger partial charge on any atom is -0.508 e. The van der Waals surface area contributed by atoms with Gasteiger partial charge in [0.2, 0.25) is 0 Å². The monoisotopic (exact) mass is 325 g/mol. The number of nitro benzene ring substituents is 1. The van der Waals surface area contributed by atoms with Gasteiger partial charge in [-0.3, -0.25) is 14.9 Å². The Kier molecular flexibility index (Phi) is 3.94. The van der Waals surface area contributed by atoms with Crippen LogP contribution in [-0.2, 0) is 0 Å². The van der Waals surface area contributed by atoms with E-state index < -0.39 is 10.8 Å². The number of benzene rings is 2. The number of carbonyl (C=O) groups is 1. The van der Waals surface area contributed by atoms with Crippen LogP contribution in [0.5, 0.6) is 5.75 Å². The molecule has 0 spiro atoms. The van der Waals surface area contributed by atoms with Gasteiger partial charge in [0.05, 0.1) is 11.1 Å². The fraction of sp³-hybridized carbons (Fsp3) is 0. The maximum atomic E-state index is 12.0. The Balaban J connectivity index is 1.73. The highest BCUT2D eigenvalue weighted by Crippen LogP contribution is 2.24. The van der Waals surface area contributed by atoms with Crippen molar-refractivity contribution in [1.29, 1.82) is 0 Å². The second-order valence-corrected chi connectivity index (χ2v) is 4.88. The van der Waals surface area contributed by atoms with Crippen LogP contribution in [0, 0.1) is 10.1 Å². The molecule has 0 aliphatic rings. The normalized spacial score (nSPS) is 11.0. The van der Waals surface area contributed by atoms with Gasteiger partial charge < -0.3 is 9.52 Å². The number of hydrogen-bond donors (Lipinski definition) is 2. The third-order valence-corrected chi connectivity index (χ3v) is 3.21. The fourth-order valence-corrected chi connectivity index (χ4v) is 2.04. The summed E-state index contributed by atoms with van der Waals surface area (Å²) < 4.78 is 5.34. The van der Waals surface area contributed by atoms with E-state index in [4.69, 9.17) is 4.42 Å². The molecular weight excluding hydrogens is 314 g/mol. The van der Waals surface area contributed by atoms with Gasteiger partial charge in [0.15, 0.2) is 5.76 Å². The topological polar surface area (TPSA) is 118 Å². The van der Waals surface area contributed by atoms with Crippen LogP contribution in [0.4, 0.5) is 5.69 Å². The quantitative estimate of drug-likeness (QED) is 0.434. The van der Waals surface area contributed by atoms with E-state index in [-0.39, 0.29) is 17.2 Å². The highest BCUT2D eigenvalue weighted by atomic mass is 16.6. The molecule has 0 fully saturated rings. The van der Waals surface area contributed by atoms with E-state index in [9.17, 15) is 20.0 Å². The molecule has 0 aliphatic heterocycles. The van der Waals surface area contributed by atoms with E-state index >= 15 is 0 Å². The van der Waals surface area contributed by atoms with Crippen molar-refractivity contribution in [3.8, 4) is 5.75 Å². The molecule has 120 valence electrons. The lowest BCUT2D eigenvalue weighted by atomic mass is 10.2. The van der Waals surface area contributed by atoms with Crippen molar-refractivity contribution in [2.24, 2.45) is 5.10 Å². The van der Waals surface area contributed by atoms with Crippen LogP contribution in [0.2, 0.25) is 0 Å². The molecule has 0 bridgehead atoms. The maximum absolute atomic E-state index is 12.0. The van der Waals surface area contributed by atoms with Gasteiger partial charge in [-0.1, -0.05) is 0 Å². The number of nitrogens with zero attached hydrogens (tertiary/aromatic N) is 2. The SMILES string of the molecule is O=C(N/N=C/c1ccc(O)cc1)c1cc2cc([N+](=O)[O-])ccc2o1. The number of phenols is 1. The Morgan fingerprint density at radius 1 is 1.21 bits per heavy atom. The lowest BCUT2D eigenvalue weighted by Gasteiger charge is -1.96. The van der Waals surface area contributed by atoms with Crippen LogP contribution in [-0.4, -0.2) is 22.2 Å². The zero-order chi connectivity index (χ0) is 17.1. The molecular formula is C16H11N3O5. The van der Waals surface area contributed by atoms with E-state index in [0.717, 1.165) is 0 Å². The van der Waals surface area contributed by atoms with Gasteiger partial charge in [-0.2, -0.15) is 5.10 Å². The van der Waals surface area contributed by atoms with Crippen molar-refractivity contribution < 1.29 is 19.2 Å². The number of hydrazone groups is 1. The number of rotatable bonds is 4. The van der Waals surface area contributed by atoms with Crippen LogP contribution in [0.15, 0.2) is 58.0 Å². The average Bonchev–Trinajstić information content (AvgIpc) is 2.99. The molecule has 1 heterocycles. The number of carbonyl (C=O) groups excluding carboxylic acids is 1. The molecule has 0 unspecified atom stereocenters. The van der Waals surface area contributed by atoms with Crippen molar-refractivity contribution in [1.82, 2.24) is 5.43 Å². The van der Waals surface area contributed by atoms with E-state index in [1.807, 2.05) is 0 Å². The van der Waals surface area contributed by atoms with Crippen molar-refractivity contribution in [2.45, 2.75) is 0 Å². The first-order valence-corrected chi connectivity index (χ1v) is 6.83. The van der Waals surface area contributed by atoms with Crippen LogP contribution in [0.25, 0.3) is 11.0 Å². The summed E-state index contributed by atoms with van der Waals surface area (Å²) in [5.74, 6) is -0.454. The number of furan rings is 1. The average molecular weight is 325 g/mol. The third-order valence-electron chi connectivity index (χ3n) is 3.21. The molecule has 3 rings (SSSR count). The van der Waals surface area contributed by atoms with Crippen molar-refractivity contribution in [2.75, 3.05) is 0 Å². The molecule has 2 N–H and O–H groups in total. The second-order valence-electron chi connectivity index (χ2n) is 4.88. The molecule has 8 heteroatoms. The summed E-state index contributed by atoms with van der Waals surface area (Å²) in [6.45, 7) is 0. The lowest BCUT2D eigenvalue weighted by Crippen LogP contribution is -2.16. The number of nitro groups is 1. The van der Waals surface area contributed by atoms with E-state index in [0.29, 0.717) is 16.5 Å². The predicted molar refractivity (Wildman–Crippen MR) is 86.0 cm³/mol. The molecule has 0 saturated heterocycles. The standard InChI is InChI=1S/C16H11N3O5/c20-13-4-1-10(2-5-13)9-17-18-16(21)15-8-11-7-12(19(22)23)3-6-14(11)24-15/h1-9,20H,(H,18,21)/b17-9+. The zero-order valence-electron chi connectivity index (χ0n) is 12.2. The number of amides is 1. The van der Waals surface area contributed by atoms with Crippen LogP contribution < -0.4 is 5.43 Å². The summed E-state index contributed by atoms with van der Waals surface area (Å²) in [5, 5.41) is 24.2. The molecule has 0 saturated carbocycles. The largest absolute Gasteiger partial charge is 0.508 e. The lowest BCUT2D eigenvalue weighted by molar-refractivity contribution is -0.384. The minimum absolute atomic E-state index is 0.00615. The summed E-state index contributed by atoms with van der Waals surface area (Å²) in [5.41, 5.74) is 3.28. The molecule has 0 aliphatic carbocycles. The Labute approximate surface area is 135 Å². The Morgan fingerprint density at radius 2 is 1.96 bits per heavy atom. The summed E-state index contributed by atoms with van der Waals surface area (Å²) in [7, 11) is 0. The third kappa shape index (κ3) is 3.22. The highest BCUT2D eigenvalue weighted by Gasteiger charge is 2.14. The second kappa shape index (κ2) is 6.21. The van der Waals surface area contributed by atoms with Gasteiger partial charge in [0.25, 0.3) is 5.69 Å². The number of aromatic hydroxyl groups is 1. The van der Waals surface area contributed by atoms with Crippen molar-refractivity contribution >= 4 is 28.8 Å². The molecule has 8 nitrogen and oxygen atoms in total. The van der Waals surface area contributed by atoms with Gasteiger partial charge in [-0.05, 0) is 42.0 Å². The smallest absolute Gasteiger partial charge is 0.307 e. The number of hydrogen-bond acceptors (Lipinski definition) is 6. The summed E-state index contributed by atoms with van der Waals surface area (Å²) in [6, 6.07) is 11.7. The van der Waals surface area contributed by atoms with Gasteiger partial charge in [-0.25, -0.2) is 5.43 Å². The first-order chi connectivity index (χ1) is 11.5. The summed E-state index contributed by atoms with van der Waals surface area (Å²) in [6.07, 6.45) is 1.41. The number of nitrogens with one attached hydrogen (secondary N) is 1. The summed E-state index contributed by atoms with van der Waals surface area (Å²) >= 11 is 0. The van der Waals surface area contributed by atoms with Gasteiger partial charge in [0.1, 0.15) is 11.3 Å². The Bertz CT molecular complexity index is 944. The van der Waals surface area contributed by atoms with E-state index in [1.54, 1.807) is 12.1 Å². The first-order valence-electron chi connectivity index (χ1n) is 6.83. The molecule has 24 heavy (non-hydrogen) atoms. The van der Waals surface area contributed by atoms with Gasteiger partial charge >= 0.3 is 5.91 Å². The van der Waals surface area contributed by atoms with Gasteiger partial charge in [0, 0.05) is 17.5 Å². The molecule has 0 radical (unpaired) electrons. The number of phenolic OH excluding ortho intramolecular Hbond substituents is 1. The summed E-state index contributed by atoms with van der Waals surface area (Å²) in [4.78, 5) is 22.2. The molecule has 1 aromatic heterocycles. The number of fused-ring (bicyclic) bond motifs is 1. The predicted octanol–water partition coefficient (Wildman–Crippen LogP) is 2.81. The van der Waals surface area contributed by atoms with Crippen molar-refractivity contribution in [3.63, 3.8) is 0 Å². The number of non-ortho nitro benzene ring substituents is 1. The van der Waals surface area contributed by atoms with E-state index in [1.165, 1.54) is 42.6 Å². The zero-order valence-corrected chi connectivity index (χ0v) is 12.2. The van der Waals surface area contributed by atoms with Crippen molar-refractivity contribution in [3.05, 3.63) is 70.0 Å². The van der Waals surface area contributed by atoms with Crippen LogP contribution in [0.1, 0.15) is 16.1 Å². The molecule has 2 aromatic carbocycles. The Morgan fingerprint density at radius 3 is 2.67 bits per heavy atom. The van der Waals surface area contributed by atoms with Gasteiger partial charge in [-0.15, -0.1) is 0 Å². The Hall–Kier alpha value is -3.68. The maximum Gasteiger partial charge on any atom is 0.307 e. The molecule has 0 atom stereocenters. The van der Waals surface area contributed by atoms with E-state index in [2.05, 4.69) is 10.5 Å². The first kappa shape index (κ1) is 15.2. The minimum atomic E-state index is -0.580. The molecule has 1 amide bonds. The highest BCUT2D eigenvalue weighted by molar-refractivity contribution is 5.97. The fourth-order valence-electron chi connectivity index (χ4n) is 2.04. The van der Waals surface area contributed by atoms with Crippen LogP contribution in [0.3, 0.4) is 0 Å². The van der Waals surface area contributed by atoms with Crippen LogP contribution >= 0.6 is 0 Å². The molecule has 3 aromatic rings.